The van der Waals surface area contributed by atoms with Crippen LogP contribution in [0.15, 0.2) is 59.1 Å². The number of hydrogen-bond donors (Lipinski definition) is 2. The molecule has 2 aliphatic rings. The van der Waals surface area contributed by atoms with Gasteiger partial charge in [-0.3, -0.25) is 9.59 Å². The summed E-state index contributed by atoms with van der Waals surface area (Å²) in [6, 6.07) is 16.9. The molecule has 2 heterocycles. The summed E-state index contributed by atoms with van der Waals surface area (Å²) in [5.74, 6) is -0.612. The first-order valence-corrected chi connectivity index (χ1v) is 10.3. The molecule has 4 rings (SSSR count). The number of hydrazine groups is 1. The lowest BCUT2D eigenvalue weighted by atomic mass is 9.84. The van der Waals surface area contributed by atoms with Crippen LogP contribution in [0.25, 0.3) is 0 Å². The predicted octanol–water partition coefficient (Wildman–Crippen LogP) is 2.88. The fraction of sp³-hybridized carbons (Fsp3) is 0.333. The van der Waals surface area contributed by atoms with Crippen molar-refractivity contribution in [3.8, 4) is 0 Å². The molecule has 6 nitrogen and oxygen atoms in total. The molecule has 146 valence electrons. The number of amides is 2. The number of hydrogen-bond acceptors (Lipinski definition) is 4. The van der Waals surface area contributed by atoms with Gasteiger partial charge in [0.2, 0.25) is 11.8 Å². The van der Waals surface area contributed by atoms with E-state index in [0.29, 0.717) is 13.1 Å². The van der Waals surface area contributed by atoms with Crippen LogP contribution < -0.4 is 15.8 Å². The number of para-hydroxylation sites is 1. The van der Waals surface area contributed by atoms with E-state index in [2.05, 4.69) is 38.5 Å². The quantitative estimate of drug-likeness (QED) is 0.763. The molecule has 2 aromatic carbocycles. The lowest BCUT2D eigenvalue weighted by Crippen LogP contribution is -2.55. The Morgan fingerprint density at radius 2 is 1.96 bits per heavy atom. The number of anilines is 2. The maximum atomic E-state index is 13.1. The van der Waals surface area contributed by atoms with Crippen LogP contribution >= 0.6 is 15.9 Å². The molecule has 2 aliphatic heterocycles. The van der Waals surface area contributed by atoms with E-state index in [1.165, 1.54) is 0 Å². The normalized spacial score (nSPS) is 24.9. The van der Waals surface area contributed by atoms with Crippen LogP contribution in [0, 0.1) is 11.8 Å². The van der Waals surface area contributed by atoms with E-state index in [0.717, 1.165) is 22.4 Å². The van der Waals surface area contributed by atoms with Gasteiger partial charge in [0.25, 0.3) is 0 Å². The molecular formula is C21H23BrN4O2. The summed E-state index contributed by atoms with van der Waals surface area (Å²) in [7, 11) is 0. The number of carbonyl (C=O) groups is 2. The predicted molar refractivity (Wildman–Crippen MR) is 113 cm³/mol. The van der Waals surface area contributed by atoms with Gasteiger partial charge in [-0.1, -0.05) is 47.1 Å². The Kier molecular flexibility index (Phi) is 5.48. The molecule has 2 fully saturated rings. The van der Waals surface area contributed by atoms with Crippen molar-refractivity contribution in [2.75, 3.05) is 30.0 Å². The summed E-state index contributed by atoms with van der Waals surface area (Å²) in [4.78, 5) is 28.4. The average Bonchev–Trinajstić information content (AvgIpc) is 3.04. The number of fused-ring (bicyclic) bond motifs is 1. The standard InChI is InChI=1S/C21H23BrN4O2/c1-2-25-12-17(20(27)23-15-8-6-7-14(22)11-15)19-18(13-25)21(28)26(24-19)16-9-4-3-5-10-16/h3-11,17-19,24H,2,12-13H2,1H3,(H,23,27). The number of rotatable bonds is 4. The molecular weight excluding hydrogens is 420 g/mol. The molecule has 0 aliphatic carbocycles. The van der Waals surface area contributed by atoms with E-state index in [4.69, 9.17) is 0 Å². The minimum absolute atomic E-state index is 0.0228. The van der Waals surface area contributed by atoms with E-state index in [9.17, 15) is 9.59 Å². The third kappa shape index (κ3) is 3.70. The van der Waals surface area contributed by atoms with E-state index in [1.807, 2.05) is 54.6 Å². The van der Waals surface area contributed by atoms with E-state index in [-0.39, 0.29) is 29.7 Å². The molecule has 2 aromatic rings. The summed E-state index contributed by atoms with van der Waals surface area (Å²) in [6.07, 6.45) is 0. The largest absolute Gasteiger partial charge is 0.326 e. The number of halogens is 1. The van der Waals surface area contributed by atoms with Gasteiger partial charge < -0.3 is 10.2 Å². The Balaban J connectivity index is 1.58. The van der Waals surface area contributed by atoms with Crippen LogP contribution in [0.4, 0.5) is 11.4 Å². The molecule has 3 atom stereocenters. The second-order valence-electron chi connectivity index (χ2n) is 7.23. The summed E-state index contributed by atoms with van der Waals surface area (Å²) in [5, 5.41) is 4.62. The van der Waals surface area contributed by atoms with E-state index in [1.54, 1.807) is 5.01 Å². The van der Waals surface area contributed by atoms with Gasteiger partial charge in [-0.15, -0.1) is 0 Å². The number of nitrogens with one attached hydrogen (secondary N) is 2. The topological polar surface area (TPSA) is 64.7 Å². The summed E-state index contributed by atoms with van der Waals surface area (Å²) >= 11 is 3.43. The number of nitrogens with zero attached hydrogens (tertiary/aromatic N) is 2. The van der Waals surface area contributed by atoms with Crippen molar-refractivity contribution in [1.82, 2.24) is 10.3 Å². The van der Waals surface area contributed by atoms with Crippen molar-refractivity contribution >= 4 is 39.1 Å². The molecule has 2 saturated heterocycles. The lowest BCUT2D eigenvalue weighted by Gasteiger charge is -2.37. The third-order valence-corrected chi connectivity index (χ3v) is 5.98. The first-order chi connectivity index (χ1) is 13.6. The first kappa shape index (κ1) is 19.1. The van der Waals surface area contributed by atoms with Gasteiger partial charge in [0.1, 0.15) is 0 Å². The van der Waals surface area contributed by atoms with Crippen LogP contribution in [0.3, 0.4) is 0 Å². The third-order valence-electron chi connectivity index (χ3n) is 5.48. The van der Waals surface area contributed by atoms with Gasteiger partial charge in [-0.2, -0.15) is 0 Å². The van der Waals surface area contributed by atoms with Crippen molar-refractivity contribution in [2.45, 2.75) is 13.0 Å². The molecule has 28 heavy (non-hydrogen) atoms. The molecule has 0 bridgehead atoms. The van der Waals surface area contributed by atoms with Gasteiger partial charge in [0.15, 0.2) is 0 Å². The highest BCUT2D eigenvalue weighted by molar-refractivity contribution is 9.10. The van der Waals surface area contributed by atoms with Gasteiger partial charge >= 0.3 is 0 Å². The average molecular weight is 443 g/mol. The summed E-state index contributed by atoms with van der Waals surface area (Å²) in [5.41, 5.74) is 4.86. The minimum Gasteiger partial charge on any atom is -0.326 e. The molecule has 0 saturated carbocycles. The second-order valence-corrected chi connectivity index (χ2v) is 8.14. The lowest BCUT2D eigenvalue weighted by molar-refractivity contribution is -0.126. The van der Waals surface area contributed by atoms with Gasteiger partial charge in [0, 0.05) is 23.2 Å². The van der Waals surface area contributed by atoms with Crippen molar-refractivity contribution in [3.63, 3.8) is 0 Å². The van der Waals surface area contributed by atoms with Crippen molar-refractivity contribution < 1.29 is 9.59 Å². The van der Waals surface area contributed by atoms with Gasteiger partial charge in [0.05, 0.1) is 23.6 Å². The number of benzene rings is 2. The smallest absolute Gasteiger partial charge is 0.247 e. The van der Waals surface area contributed by atoms with Gasteiger partial charge in [-0.05, 0) is 36.9 Å². The summed E-state index contributed by atoms with van der Waals surface area (Å²) in [6.45, 7) is 4.16. The van der Waals surface area contributed by atoms with Crippen molar-refractivity contribution in [1.29, 1.82) is 0 Å². The fourth-order valence-electron chi connectivity index (χ4n) is 4.01. The molecule has 0 radical (unpaired) electrons. The zero-order valence-corrected chi connectivity index (χ0v) is 17.2. The Labute approximate surface area is 173 Å². The number of carbonyl (C=O) groups excluding carboxylic acids is 2. The SMILES string of the molecule is CCN1CC(C(=O)Nc2cccc(Br)c2)C2NN(c3ccccc3)C(=O)C2C1. The highest BCUT2D eigenvalue weighted by atomic mass is 79.9. The molecule has 2 N–H and O–H groups in total. The van der Waals surface area contributed by atoms with Crippen LogP contribution in [0.1, 0.15) is 6.92 Å². The van der Waals surface area contributed by atoms with Gasteiger partial charge in [-0.25, -0.2) is 10.4 Å². The zero-order chi connectivity index (χ0) is 19.7. The zero-order valence-electron chi connectivity index (χ0n) is 15.6. The molecule has 0 aromatic heterocycles. The van der Waals surface area contributed by atoms with Crippen LogP contribution in [0.5, 0.6) is 0 Å². The van der Waals surface area contributed by atoms with E-state index >= 15 is 0 Å². The highest BCUT2D eigenvalue weighted by Gasteiger charge is 2.50. The van der Waals surface area contributed by atoms with Crippen LogP contribution in [-0.4, -0.2) is 42.4 Å². The Morgan fingerprint density at radius 1 is 1.18 bits per heavy atom. The Morgan fingerprint density at radius 3 is 2.68 bits per heavy atom. The number of likely N-dealkylation sites (tertiary alicyclic amines) is 1. The second kappa shape index (κ2) is 8.03. The molecule has 2 amide bonds. The van der Waals surface area contributed by atoms with Crippen LogP contribution in [0.2, 0.25) is 0 Å². The maximum absolute atomic E-state index is 13.1. The maximum Gasteiger partial charge on any atom is 0.247 e. The van der Waals surface area contributed by atoms with Crippen LogP contribution in [-0.2, 0) is 9.59 Å². The van der Waals surface area contributed by atoms with Crippen molar-refractivity contribution in [2.24, 2.45) is 11.8 Å². The Hall–Kier alpha value is -2.22. The van der Waals surface area contributed by atoms with E-state index < -0.39 is 0 Å². The fourth-order valence-corrected chi connectivity index (χ4v) is 4.41. The molecule has 3 unspecified atom stereocenters. The highest BCUT2D eigenvalue weighted by Crippen LogP contribution is 2.32. The first-order valence-electron chi connectivity index (χ1n) is 9.51. The molecule has 0 spiro atoms. The number of piperidine rings is 1. The monoisotopic (exact) mass is 442 g/mol. The van der Waals surface area contributed by atoms with Crippen molar-refractivity contribution in [3.05, 3.63) is 59.1 Å². The Bertz CT molecular complexity index is 876. The minimum atomic E-state index is -0.324. The summed E-state index contributed by atoms with van der Waals surface area (Å²) < 4.78 is 0.909. The molecule has 7 heteroatoms.